The summed E-state index contributed by atoms with van der Waals surface area (Å²) in [6.45, 7) is 0. The zero-order valence-corrected chi connectivity index (χ0v) is 27.4. The van der Waals surface area contributed by atoms with E-state index in [1.807, 2.05) is 30.3 Å². The Balaban J connectivity index is 1.34. The highest BCUT2D eigenvalue weighted by Crippen LogP contribution is 2.59. The van der Waals surface area contributed by atoms with Crippen LogP contribution in [0.5, 0.6) is 5.75 Å². The van der Waals surface area contributed by atoms with Crippen molar-refractivity contribution in [3.63, 3.8) is 0 Å². The lowest BCUT2D eigenvalue weighted by atomic mass is 9.93. The Hall–Kier alpha value is -4.54. The second kappa shape index (κ2) is 10.7. The van der Waals surface area contributed by atoms with E-state index in [4.69, 9.17) is 20.8 Å². The zero-order chi connectivity index (χ0) is 32.8. The SMILES string of the molecule is CNC(=O)c1c(-c2ccc(F)cc2)oc2cc(N(C)S(C)(=O)=O)c(-c3ccc4c(c3)C3C(Cl)c5ccccc5N3C(C3CC3)O4)cc12. The van der Waals surface area contributed by atoms with Crippen molar-refractivity contribution in [2.75, 3.05) is 29.6 Å². The average molecular weight is 672 g/mol. The molecule has 47 heavy (non-hydrogen) atoms. The summed E-state index contributed by atoms with van der Waals surface area (Å²) in [5, 5.41) is 2.85. The standard InChI is InChI=1S/C36H31ClFN3O5S/c1-39-35(42)31-25-17-24(28(40(2)47(3,43)44)18-30(25)45-34(31)19-10-13-22(38)14-11-19)21-12-15-29-26(16-21)33-32(37)23-6-4-5-7-27(23)41(33)36(46-29)20-8-9-20/h4-7,10-18,20,32-33,36H,8-9H2,1-3H3,(H,39,42). The Bertz CT molecular complexity index is 2200. The van der Waals surface area contributed by atoms with Crippen LogP contribution in [0.4, 0.5) is 15.8 Å². The molecular weight excluding hydrogens is 641 g/mol. The molecule has 11 heteroatoms. The summed E-state index contributed by atoms with van der Waals surface area (Å²) in [6, 6.07) is 22.9. The highest BCUT2D eigenvalue weighted by molar-refractivity contribution is 7.92. The van der Waals surface area contributed by atoms with Crippen molar-refractivity contribution in [3.8, 4) is 28.2 Å². The lowest BCUT2D eigenvalue weighted by molar-refractivity contribution is 0.0964. The number of fused-ring (bicyclic) bond motifs is 6. The minimum Gasteiger partial charge on any atom is -0.470 e. The minimum absolute atomic E-state index is 0.127. The summed E-state index contributed by atoms with van der Waals surface area (Å²) in [5.74, 6) is 0.592. The molecule has 1 aromatic heterocycles. The third kappa shape index (κ3) is 4.76. The van der Waals surface area contributed by atoms with E-state index >= 15 is 0 Å². The number of ether oxygens (including phenoxy) is 1. The van der Waals surface area contributed by atoms with E-state index in [-0.39, 0.29) is 29.0 Å². The maximum absolute atomic E-state index is 13.8. The number of benzene rings is 4. The maximum Gasteiger partial charge on any atom is 0.255 e. The van der Waals surface area contributed by atoms with Crippen LogP contribution in [0.2, 0.25) is 0 Å². The first-order valence-electron chi connectivity index (χ1n) is 15.4. The number of para-hydroxylation sites is 1. The van der Waals surface area contributed by atoms with Gasteiger partial charge < -0.3 is 19.4 Å². The number of nitrogens with one attached hydrogen (secondary N) is 1. The van der Waals surface area contributed by atoms with Gasteiger partial charge in [0.2, 0.25) is 10.0 Å². The lowest BCUT2D eigenvalue weighted by Crippen LogP contribution is -2.45. The van der Waals surface area contributed by atoms with Crippen molar-refractivity contribution in [1.29, 1.82) is 0 Å². The van der Waals surface area contributed by atoms with Crippen LogP contribution in [0.3, 0.4) is 0 Å². The molecule has 2 aliphatic heterocycles. The predicted molar refractivity (Wildman–Crippen MR) is 181 cm³/mol. The number of amides is 1. The van der Waals surface area contributed by atoms with Crippen LogP contribution in [0.25, 0.3) is 33.4 Å². The molecule has 0 saturated heterocycles. The number of carbonyl (C=O) groups excluding carboxylic acids is 1. The zero-order valence-electron chi connectivity index (χ0n) is 25.8. The van der Waals surface area contributed by atoms with Gasteiger partial charge in [-0.05, 0) is 72.5 Å². The molecule has 3 unspecified atom stereocenters. The number of nitrogens with zero attached hydrogens (tertiary/aromatic N) is 2. The van der Waals surface area contributed by atoms with Gasteiger partial charge in [-0.3, -0.25) is 9.10 Å². The average Bonchev–Trinajstić information content (AvgIpc) is 3.79. The highest BCUT2D eigenvalue weighted by atomic mass is 35.5. The first-order valence-corrected chi connectivity index (χ1v) is 17.7. The summed E-state index contributed by atoms with van der Waals surface area (Å²) in [7, 11) is -0.702. The van der Waals surface area contributed by atoms with Gasteiger partial charge in [-0.15, -0.1) is 11.6 Å². The van der Waals surface area contributed by atoms with Gasteiger partial charge in [0.25, 0.3) is 5.91 Å². The number of furan rings is 1. The first-order chi connectivity index (χ1) is 22.5. The van der Waals surface area contributed by atoms with E-state index < -0.39 is 21.7 Å². The van der Waals surface area contributed by atoms with Crippen LogP contribution >= 0.6 is 11.6 Å². The number of rotatable bonds is 6. The molecule has 1 fully saturated rings. The third-order valence-corrected chi connectivity index (χ3v) is 11.1. The molecule has 0 bridgehead atoms. The van der Waals surface area contributed by atoms with E-state index in [1.54, 1.807) is 12.1 Å². The quantitative estimate of drug-likeness (QED) is 0.187. The summed E-state index contributed by atoms with van der Waals surface area (Å²) in [6.07, 6.45) is 3.19. The molecule has 3 atom stereocenters. The number of hydrogen-bond donors (Lipinski definition) is 1. The fourth-order valence-corrected chi connectivity index (χ4v) is 7.87. The number of sulfonamides is 1. The van der Waals surface area contributed by atoms with Crippen molar-refractivity contribution in [3.05, 3.63) is 101 Å². The Morgan fingerprint density at radius 2 is 1.72 bits per heavy atom. The molecule has 1 amide bonds. The van der Waals surface area contributed by atoms with E-state index in [9.17, 15) is 17.6 Å². The van der Waals surface area contributed by atoms with Gasteiger partial charge in [-0.25, -0.2) is 12.8 Å². The van der Waals surface area contributed by atoms with Crippen LogP contribution in [0.15, 0.2) is 83.3 Å². The normalized spacial score (nSPS) is 19.9. The molecule has 0 spiro atoms. The molecule has 240 valence electrons. The Morgan fingerprint density at radius 3 is 2.43 bits per heavy atom. The molecule has 0 radical (unpaired) electrons. The Morgan fingerprint density at radius 1 is 1.00 bits per heavy atom. The van der Waals surface area contributed by atoms with Crippen LogP contribution < -0.4 is 19.3 Å². The Labute approximate surface area is 276 Å². The fourth-order valence-electron chi connectivity index (χ4n) is 6.92. The van der Waals surface area contributed by atoms with Crippen LogP contribution in [-0.4, -0.2) is 40.9 Å². The van der Waals surface area contributed by atoms with E-state index in [1.165, 1.54) is 42.7 Å². The maximum atomic E-state index is 13.8. The summed E-state index contributed by atoms with van der Waals surface area (Å²) in [4.78, 5) is 15.6. The van der Waals surface area contributed by atoms with Gasteiger partial charge in [-0.2, -0.15) is 0 Å². The Kier molecular flexibility index (Phi) is 6.82. The van der Waals surface area contributed by atoms with Gasteiger partial charge in [-0.1, -0.05) is 24.3 Å². The van der Waals surface area contributed by atoms with Crippen LogP contribution in [0.1, 0.15) is 45.7 Å². The lowest BCUT2D eigenvalue weighted by Gasteiger charge is -2.42. The highest BCUT2D eigenvalue weighted by Gasteiger charge is 2.51. The van der Waals surface area contributed by atoms with Gasteiger partial charge in [0, 0.05) is 53.8 Å². The predicted octanol–water partition coefficient (Wildman–Crippen LogP) is 7.63. The molecule has 8 nitrogen and oxygen atoms in total. The smallest absolute Gasteiger partial charge is 0.255 e. The second-order valence-corrected chi connectivity index (χ2v) is 14.9. The number of anilines is 2. The first kappa shape index (κ1) is 29.8. The molecule has 4 aromatic carbocycles. The molecule has 8 rings (SSSR count). The largest absolute Gasteiger partial charge is 0.470 e. The monoisotopic (exact) mass is 671 g/mol. The minimum atomic E-state index is -3.71. The van der Waals surface area contributed by atoms with E-state index in [0.29, 0.717) is 33.7 Å². The van der Waals surface area contributed by atoms with E-state index in [0.717, 1.165) is 47.2 Å². The molecule has 1 saturated carbocycles. The molecule has 5 aromatic rings. The molecule has 3 aliphatic rings. The molecule has 1 N–H and O–H groups in total. The second-order valence-electron chi connectivity index (χ2n) is 12.4. The van der Waals surface area contributed by atoms with Crippen LogP contribution in [-0.2, 0) is 10.0 Å². The number of carbonyl (C=O) groups is 1. The molecule has 1 aliphatic carbocycles. The summed E-state index contributed by atoms with van der Waals surface area (Å²) < 4.78 is 53.8. The fraction of sp³-hybridized carbons (Fsp3) is 0.250. The van der Waals surface area contributed by atoms with Gasteiger partial charge in [0.05, 0.1) is 28.9 Å². The number of alkyl halides is 1. The van der Waals surface area contributed by atoms with E-state index in [2.05, 4.69) is 22.3 Å². The van der Waals surface area contributed by atoms with Crippen molar-refractivity contribution < 1.29 is 26.8 Å². The van der Waals surface area contributed by atoms with Crippen molar-refractivity contribution in [1.82, 2.24) is 5.32 Å². The van der Waals surface area contributed by atoms with Gasteiger partial charge in [0.1, 0.15) is 22.9 Å². The van der Waals surface area contributed by atoms with Crippen LogP contribution in [0, 0.1) is 11.7 Å². The van der Waals surface area contributed by atoms with Crippen molar-refractivity contribution >= 4 is 49.9 Å². The third-order valence-electron chi connectivity index (χ3n) is 9.48. The topological polar surface area (TPSA) is 92.1 Å². The molecular formula is C36H31ClFN3O5S. The summed E-state index contributed by atoms with van der Waals surface area (Å²) in [5.41, 5.74) is 5.74. The number of halogens is 2. The number of hydrogen-bond acceptors (Lipinski definition) is 6. The van der Waals surface area contributed by atoms with Gasteiger partial charge >= 0.3 is 0 Å². The molecule has 3 heterocycles. The van der Waals surface area contributed by atoms with Gasteiger partial charge in [0.15, 0.2) is 6.23 Å². The van der Waals surface area contributed by atoms with Crippen molar-refractivity contribution in [2.45, 2.75) is 30.5 Å². The van der Waals surface area contributed by atoms with Crippen molar-refractivity contribution in [2.24, 2.45) is 5.92 Å². The summed E-state index contributed by atoms with van der Waals surface area (Å²) >= 11 is 7.23.